The van der Waals surface area contributed by atoms with Gasteiger partial charge < -0.3 is 14.4 Å². The number of hydrogen-bond acceptors (Lipinski definition) is 10. The van der Waals surface area contributed by atoms with E-state index in [9.17, 15) is 9.59 Å². The lowest BCUT2D eigenvalue weighted by Gasteiger charge is -2.43. The van der Waals surface area contributed by atoms with Crippen molar-refractivity contribution in [2.75, 3.05) is 18.0 Å². The lowest BCUT2D eigenvalue weighted by Crippen LogP contribution is -2.50. The summed E-state index contributed by atoms with van der Waals surface area (Å²) in [6.07, 6.45) is 3.95. The molecule has 2 aromatic heterocycles. The Morgan fingerprint density at radius 1 is 1.24 bits per heavy atom. The summed E-state index contributed by atoms with van der Waals surface area (Å²) in [5.41, 5.74) is 0.713. The Bertz CT molecular complexity index is 1220. The number of ether oxygens (including phenoxy) is 2. The highest BCUT2D eigenvalue weighted by atomic mass is 32.1. The predicted octanol–water partition coefficient (Wildman–Crippen LogP) is 2.89. The summed E-state index contributed by atoms with van der Waals surface area (Å²) in [6.45, 7) is 6.80. The third-order valence-electron chi connectivity index (χ3n) is 5.86. The maximum absolute atomic E-state index is 12.5. The second-order valence-electron chi connectivity index (χ2n) is 9.63. The lowest BCUT2D eigenvalue weighted by molar-refractivity contribution is -0.156. The summed E-state index contributed by atoms with van der Waals surface area (Å²) in [4.78, 5) is 33.2. The minimum Gasteiger partial charge on any atom is -0.459 e. The summed E-state index contributed by atoms with van der Waals surface area (Å²) in [6, 6.07) is 7.68. The van der Waals surface area contributed by atoms with Gasteiger partial charge in [-0.3, -0.25) is 0 Å². The topological polar surface area (TPSA) is 112 Å². The highest BCUT2D eigenvalue weighted by Gasteiger charge is 2.43. The van der Waals surface area contributed by atoms with E-state index in [-0.39, 0.29) is 12.5 Å². The van der Waals surface area contributed by atoms with Crippen molar-refractivity contribution in [2.24, 2.45) is 0 Å². The van der Waals surface area contributed by atoms with Crippen LogP contribution >= 0.6 is 11.3 Å². The highest BCUT2D eigenvalue weighted by Crippen LogP contribution is 2.38. The number of benzene rings is 1. The molecule has 0 bridgehead atoms. The SMILES string of the molecule is CC(C)(C)OC(=O)Cn1nnc(-c2cnc(N3CCC4(CC3)Cc3ccccc3C(=O)O4)s2)n1. The van der Waals surface area contributed by atoms with Gasteiger partial charge in [-0.1, -0.05) is 29.5 Å². The van der Waals surface area contributed by atoms with Crippen molar-refractivity contribution in [3.63, 3.8) is 0 Å². The van der Waals surface area contributed by atoms with Crippen LogP contribution in [0.5, 0.6) is 0 Å². The van der Waals surface area contributed by atoms with Crippen LogP contribution in [0.4, 0.5) is 5.13 Å². The smallest absolute Gasteiger partial charge is 0.338 e. The molecule has 4 heterocycles. The van der Waals surface area contributed by atoms with Crippen LogP contribution in [0.2, 0.25) is 0 Å². The summed E-state index contributed by atoms with van der Waals surface area (Å²) in [5, 5.41) is 13.2. The van der Waals surface area contributed by atoms with E-state index < -0.39 is 17.2 Å². The first-order valence-electron chi connectivity index (χ1n) is 11.2. The Balaban J connectivity index is 1.22. The molecule has 1 spiro atoms. The lowest BCUT2D eigenvalue weighted by atomic mass is 9.82. The number of aromatic nitrogens is 5. The van der Waals surface area contributed by atoms with Gasteiger partial charge in [-0.15, -0.1) is 10.2 Å². The molecule has 1 aromatic carbocycles. The van der Waals surface area contributed by atoms with E-state index in [2.05, 4.69) is 25.3 Å². The van der Waals surface area contributed by atoms with Gasteiger partial charge in [0.2, 0.25) is 5.82 Å². The molecular formula is C23H26N6O4S. The molecular weight excluding hydrogens is 456 g/mol. The van der Waals surface area contributed by atoms with Gasteiger partial charge in [0.05, 0.1) is 16.6 Å². The standard InChI is InChI=1S/C23H26N6O4S/c1-22(2,3)32-18(30)14-29-26-19(25-27-29)17-13-24-21(34-17)28-10-8-23(9-11-28)12-15-6-4-5-7-16(15)20(31)33-23/h4-7,13H,8-12,14H2,1-3H3. The van der Waals surface area contributed by atoms with Crippen LogP contribution in [0.25, 0.3) is 10.7 Å². The molecule has 0 unspecified atom stereocenters. The number of anilines is 1. The van der Waals surface area contributed by atoms with E-state index in [1.54, 1.807) is 6.20 Å². The number of carbonyl (C=O) groups excluding carboxylic acids is 2. The van der Waals surface area contributed by atoms with E-state index in [1.807, 2.05) is 45.0 Å². The summed E-state index contributed by atoms with van der Waals surface area (Å²) < 4.78 is 11.2. The van der Waals surface area contributed by atoms with E-state index in [4.69, 9.17) is 9.47 Å². The molecule has 5 rings (SSSR count). The molecule has 1 saturated heterocycles. The first-order chi connectivity index (χ1) is 16.2. The van der Waals surface area contributed by atoms with Crippen molar-refractivity contribution >= 4 is 28.4 Å². The Labute approximate surface area is 200 Å². The first kappa shape index (κ1) is 22.5. The zero-order valence-electron chi connectivity index (χ0n) is 19.4. The molecule has 10 nitrogen and oxygen atoms in total. The van der Waals surface area contributed by atoms with E-state index >= 15 is 0 Å². The number of tetrazole rings is 1. The molecule has 1 fully saturated rings. The molecule has 2 aliphatic heterocycles. The number of fused-ring (bicyclic) bond motifs is 1. The van der Waals surface area contributed by atoms with Gasteiger partial charge in [-0.25, -0.2) is 14.6 Å². The molecule has 0 amide bonds. The van der Waals surface area contributed by atoms with E-state index in [1.165, 1.54) is 16.1 Å². The van der Waals surface area contributed by atoms with Crippen LogP contribution in [-0.2, 0) is 27.2 Å². The van der Waals surface area contributed by atoms with Crippen LogP contribution in [0.1, 0.15) is 49.5 Å². The average molecular weight is 483 g/mol. The van der Waals surface area contributed by atoms with Gasteiger partial charge in [-0.2, -0.15) is 4.80 Å². The number of piperidine rings is 1. The fraction of sp³-hybridized carbons (Fsp3) is 0.478. The molecule has 11 heteroatoms. The van der Waals surface area contributed by atoms with Crippen molar-refractivity contribution < 1.29 is 19.1 Å². The quantitative estimate of drug-likeness (QED) is 0.518. The highest BCUT2D eigenvalue weighted by molar-refractivity contribution is 7.18. The summed E-state index contributed by atoms with van der Waals surface area (Å²) >= 11 is 1.47. The Morgan fingerprint density at radius 3 is 2.76 bits per heavy atom. The average Bonchev–Trinajstić information content (AvgIpc) is 3.43. The Kier molecular flexibility index (Phi) is 5.59. The Morgan fingerprint density at radius 2 is 2.00 bits per heavy atom. The third kappa shape index (κ3) is 4.65. The summed E-state index contributed by atoms with van der Waals surface area (Å²) in [5.74, 6) is -0.235. The van der Waals surface area contributed by atoms with Crippen LogP contribution < -0.4 is 4.90 Å². The predicted molar refractivity (Wildman–Crippen MR) is 125 cm³/mol. The van der Waals surface area contributed by atoms with Gasteiger partial charge in [-0.05, 0) is 37.6 Å². The fourth-order valence-electron chi connectivity index (χ4n) is 4.31. The van der Waals surface area contributed by atoms with Crippen LogP contribution in [0, 0.1) is 0 Å². The molecule has 178 valence electrons. The van der Waals surface area contributed by atoms with E-state index in [0.717, 1.165) is 47.9 Å². The zero-order valence-corrected chi connectivity index (χ0v) is 20.2. The second kappa shape index (κ2) is 8.46. The molecule has 0 saturated carbocycles. The molecule has 0 aliphatic carbocycles. The Hall–Kier alpha value is -3.34. The van der Waals surface area contributed by atoms with Crippen molar-refractivity contribution in [3.05, 3.63) is 41.6 Å². The normalized spacial score (nSPS) is 17.4. The number of rotatable bonds is 4. The summed E-state index contributed by atoms with van der Waals surface area (Å²) in [7, 11) is 0. The third-order valence-corrected chi connectivity index (χ3v) is 6.92. The second-order valence-corrected chi connectivity index (χ2v) is 10.6. The van der Waals surface area contributed by atoms with Gasteiger partial charge in [0.15, 0.2) is 11.7 Å². The monoisotopic (exact) mass is 482 g/mol. The van der Waals surface area contributed by atoms with Crippen molar-refractivity contribution in [2.45, 2.75) is 57.8 Å². The van der Waals surface area contributed by atoms with Crippen molar-refractivity contribution in [3.8, 4) is 10.7 Å². The minimum atomic E-state index is -0.570. The molecule has 0 radical (unpaired) electrons. The number of esters is 2. The minimum absolute atomic E-state index is 0.105. The number of hydrogen-bond donors (Lipinski definition) is 0. The van der Waals surface area contributed by atoms with Gasteiger partial charge in [0, 0.05) is 32.4 Å². The fourth-order valence-corrected chi connectivity index (χ4v) is 5.20. The van der Waals surface area contributed by atoms with Crippen LogP contribution in [-0.4, -0.2) is 61.4 Å². The number of thiazole rings is 1. The van der Waals surface area contributed by atoms with Gasteiger partial charge in [0.25, 0.3) is 0 Å². The maximum atomic E-state index is 12.5. The molecule has 3 aromatic rings. The zero-order chi connectivity index (χ0) is 23.9. The van der Waals surface area contributed by atoms with Crippen molar-refractivity contribution in [1.29, 1.82) is 0 Å². The van der Waals surface area contributed by atoms with Crippen molar-refractivity contribution in [1.82, 2.24) is 25.2 Å². The van der Waals surface area contributed by atoms with Crippen LogP contribution in [0.3, 0.4) is 0 Å². The van der Waals surface area contributed by atoms with Gasteiger partial charge >= 0.3 is 11.9 Å². The largest absolute Gasteiger partial charge is 0.459 e. The molecule has 0 atom stereocenters. The molecule has 34 heavy (non-hydrogen) atoms. The van der Waals surface area contributed by atoms with E-state index in [0.29, 0.717) is 11.4 Å². The molecule has 2 aliphatic rings. The number of nitrogens with zero attached hydrogens (tertiary/aromatic N) is 6. The first-order valence-corrected chi connectivity index (χ1v) is 12.0. The van der Waals surface area contributed by atoms with Gasteiger partial charge in [0.1, 0.15) is 11.2 Å². The maximum Gasteiger partial charge on any atom is 0.338 e. The molecule has 0 N–H and O–H groups in total. The number of carbonyl (C=O) groups is 2. The van der Waals surface area contributed by atoms with Crippen LogP contribution in [0.15, 0.2) is 30.5 Å².